The highest BCUT2D eigenvalue weighted by molar-refractivity contribution is 6.45. The van der Waals surface area contributed by atoms with E-state index in [9.17, 15) is 0 Å². The molecule has 3 nitrogen and oxygen atoms in total. The molecule has 0 bridgehead atoms. The van der Waals surface area contributed by atoms with Gasteiger partial charge in [0.2, 0.25) is 0 Å². The van der Waals surface area contributed by atoms with E-state index in [2.05, 4.69) is 0 Å². The molecule has 0 aliphatic carbocycles. The van der Waals surface area contributed by atoms with Crippen molar-refractivity contribution in [3.8, 4) is 17.2 Å². The standard InChI is InChI=1S/C15H17BO3/c1-11(2)18-14-4-3-5-15(10-14)19-13-8-6-12(16-17)7-9-13/h3-11,16-17H,1-2H3. The molecule has 0 atom stereocenters. The molecule has 0 unspecified atom stereocenters. The van der Waals surface area contributed by atoms with Gasteiger partial charge in [0, 0.05) is 6.07 Å². The van der Waals surface area contributed by atoms with Gasteiger partial charge in [0.25, 0.3) is 0 Å². The van der Waals surface area contributed by atoms with Crippen molar-refractivity contribution in [2.45, 2.75) is 20.0 Å². The van der Waals surface area contributed by atoms with Crippen molar-refractivity contribution in [1.29, 1.82) is 0 Å². The van der Waals surface area contributed by atoms with Gasteiger partial charge in [0.1, 0.15) is 17.2 Å². The maximum absolute atomic E-state index is 8.98. The zero-order valence-electron chi connectivity index (χ0n) is 11.2. The molecule has 0 amide bonds. The van der Waals surface area contributed by atoms with E-state index in [-0.39, 0.29) is 13.6 Å². The molecular formula is C15H17BO3. The van der Waals surface area contributed by atoms with Crippen LogP contribution >= 0.6 is 0 Å². The first kappa shape index (κ1) is 13.5. The highest BCUT2D eigenvalue weighted by atomic mass is 16.5. The van der Waals surface area contributed by atoms with Crippen molar-refractivity contribution in [2.24, 2.45) is 0 Å². The van der Waals surface area contributed by atoms with Crippen LogP contribution in [0.15, 0.2) is 48.5 Å². The fourth-order valence-corrected chi connectivity index (χ4v) is 1.68. The first-order valence-electron chi connectivity index (χ1n) is 6.32. The van der Waals surface area contributed by atoms with Crippen LogP contribution in [0.25, 0.3) is 0 Å². The van der Waals surface area contributed by atoms with Crippen molar-refractivity contribution in [2.75, 3.05) is 0 Å². The zero-order valence-corrected chi connectivity index (χ0v) is 11.2. The molecule has 0 fully saturated rings. The Balaban J connectivity index is 2.09. The van der Waals surface area contributed by atoms with Crippen molar-refractivity contribution in [3.05, 3.63) is 48.5 Å². The summed E-state index contributed by atoms with van der Waals surface area (Å²) in [6.45, 7) is 3.97. The Morgan fingerprint density at radius 1 is 0.947 bits per heavy atom. The van der Waals surface area contributed by atoms with Gasteiger partial charge in [-0.2, -0.15) is 0 Å². The second-order valence-corrected chi connectivity index (χ2v) is 4.55. The molecule has 4 heteroatoms. The lowest BCUT2D eigenvalue weighted by atomic mass is 9.89. The molecule has 0 saturated carbocycles. The smallest absolute Gasteiger partial charge is 0.304 e. The van der Waals surface area contributed by atoms with E-state index in [0.717, 1.165) is 22.7 Å². The first-order chi connectivity index (χ1) is 9.17. The fraction of sp³-hybridized carbons (Fsp3) is 0.200. The molecule has 0 spiro atoms. The van der Waals surface area contributed by atoms with E-state index in [0.29, 0.717) is 0 Å². The molecule has 0 heterocycles. The summed E-state index contributed by atoms with van der Waals surface area (Å²) in [5.74, 6) is 2.26. The Morgan fingerprint density at radius 2 is 1.63 bits per heavy atom. The van der Waals surface area contributed by atoms with Gasteiger partial charge in [-0.1, -0.05) is 23.7 Å². The average Bonchev–Trinajstić information content (AvgIpc) is 2.39. The van der Waals surface area contributed by atoms with Gasteiger partial charge in [-0.3, -0.25) is 0 Å². The Morgan fingerprint density at radius 3 is 2.26 bits per heavy atom. The summed E-state index contributed by atoms with van der Waals surface area (Å²) in [5, 5.41) is 8.98. The number of ether oxygens (including phenoxy) is 2. The minimum absolute atomic E-state index is 0.0397. The molecular weight excluding hydrogens is 239 g/mol. The summed E-state index contributed by atoms with van der Waals surface area (Å²) in [4.78, 5) is 0. The lowest BCUT2D eigenvalue weighted by Crippen LogP contribution is -2.11. The molecule has 2 rings (SSSR count). The van der Waals surface area contributed by atoms with E-state index in [1.807, 2.05) is 62.4 Å². The Labute approximate surface area is 114 Å². The lowest BCUT2D eigenvalue weighted by molar-refractivity contribution is 0.241. The third-order valence-electron chi connectivity index (χ3n) is 2.52. The topological polar surface area (TPSA) is 38.7 Å². The van der Waals surface area contributed by atoms with Gasteiger partial charge in [-0.05, 0) is 38.1 Å². The van der Waals surface area contributed by atoms with Gasteiger partial charge in [-0.15, -0.1) is 0 Å². The molecule has 2 aromatic carbocycles. The second kappa shape index (κ2) is 6.30. The monoisotopic (exact) mass is 256 g/mol. The maximum Gasteiger partial charge on any atom is 0.304 e. The first-order valence-corrected chi connectivity index (χ1v) is 6.32. The van der Waals surface area contributed by atoms with Gasteiger partial charge < -0.3 is 14.5 Å². The number of benzene rings is 2. The third kappa shape index (κ3) is 4.03. The number of rotatable bonds is 5. The van der Waals surface area contributed by atoms with E-state index >= 15 is 0 Å². The summed E-state index contributed by atoms with van der Waals surface area (Å²) in [7, 11) is 0.0397. The van der Waals surface area contributed by atoms with E-state index in [1.54, 1.807) is 0 Å². The molecule has 0 aromatic heterocycles. The van der Waals surface area contributed by atoms with Crippen LogP contribution in [0.4, 0.5) is 0 Å². The SMILES string of the molecule is CC(C)Oc1cccc(Oc2ccc(BO)cc2)c1. The van der Waals surface area contributed by atoms with E-state index in [1.165, 1.54) is 0 Å². The maximum atomic E-state index is 8.98. The van der Waals surface area contributed by atoms with Crippen LogP contribution in [-0.4, -0.2) is 18.6 Å². The number of hydrogen-bond donors (Lipinski definition) is 1. The summed E-state index contributed by atoms with van der Waals surface area (Å²) < 4.78 is 11.4. The minimum atomic E-state index is 0.0397. The fourth-order valence-electron chi connectivity index (χ4n) is 1.68. The van der Waals surface area contributed by atoms with Crippen LogP contribution < -0.4 is 14.9 Å². The molecule has 0 aliphatic rings. The Kier molecular flexibility index (Phi) is 4.47. The largest absolute Gasteiger partial charge is 0.491 e. The summed E-state index contributed by atoms with van der Waals surface area (Å²) >= 11 is 0. The van der Waals surface area contributed by atoms with Gasteiger partial charge in [0.05, 0.1) is 6.10 Å². The van der Waals surface area contributed by atoms with Gasteiger partial charge in [-0.25, -0.2) is 0 Å². The number of hydrogen-bond acceptors (Lipinski definition) is 3. The average molecular weight is 256 g/mol. The minimum Gasteiger partial charge on any atom is -0.491 e. The van der Waals surface area contributed by atoms with Crippen LogP contribution in [0.1, 0.15) is 13.8 Å². The zero-order chi connectivity index (χ0) is 13.7. The van der Waals surface area contributed by atoms with E-state index in [4.69, 9.17) is 14.5 Å². The summed E-state index contributed by atoms with van der Waals surface area (Å²) in [6, 6.07) is 14.9. The quantitative estimate of drug-likeness (QED) is 0.834. The normalized spacial score (nSPS) is 10.3. The second-order valence-electron chi connectivity index (χ2n) is 4.55. The lowest BCUT2D eigenvalue weighted by Gasteiger charge is -2.11. The van der Waals surface area contributed by atoms with Crippen LogP contribution in [-0.2, 0) is 0 Å². The molecule has 0 saturated heterocycles. The molecule has 98 valence electrons. The van der Waals surface area contributed by atoms with Crippen molar-refractivity contribution >= 4 is 12.9 Å². The van der Waals surface area contributed by atoms with Crippen molar-refractivity contribution in [1.82, 2.24) is 0 Å². The predicted molar refractivity (Wildman–Crippen MR) is 77.7 cm³/mol. The molecule has 2 aromatic rings. The van der Waals surface area contributed by atoms with Crippen LogP contribution in [0.5, 0.6) is 17.2 Å². The molecule has 0 radical (unpaired) electrons. The summed E-state index contributed by atoms with van der Waals surface area (Å²) in [5.41, 5.74) is 0.865. The van der Waals surface area contributed by atoms with Crippen LogP contribution in [0, 0.1) is 0 Å². The Hall–Kier alpha value is -1.94. The Bertz CT molecular complexity index is 523. The highest BCUT2D eigenvalue weighted by Gasteiger charge is 2.02. The molecule has 19 heavy (non-hydrogen) atoms. The van der Waals surface area contributed by atoms with Gasteiger partial charge in [0.15, 0.2) is 0 Å². The van der Waals surface area contributed by atoms with Crippen molar-refractivity contribution < 1.29 is 14.5 Å². The van der Waals surface area contributed by atoms with Gasteiger partial charge >= 0.3 is 7.48 Å². The summed E-state index contributed by atoms with van der Waals surface area (Å²) in [6.07, 6.45) is 0.138. The van der Waals surface area contributed by atoms with E-state index < -0.39 is 0 Å². The highest BCUT2D eigenvalue weighted by Crippen LogP contribution is 2.25. The third-order valence-corrected chi connectivity index (χ3v) is 2.52. The predicted octanol–water partition coefficient (Wildman–Crippen LogP) is 2.24. The van der Waals surface area contributed by atoms with Crippen LogP contribution in [0.3, 0.4) is 0 Å². The van der Waals surface area contributed by atoms with Crippen molar-refractivity contribution in [3.63, 3.8) is 0 Å². The van der Waals surface area contributed by atoms with Crippen LogP contribution in [0.2, 0.25) is 0 Å². The molecule has 1 N–H and O–H groups in total. The molecule has 0 aliphatic heterocycles.